The molecule has 7 rings (SSSR count). The van der Waals surface area contributed by atoms with Gasteiger partial charge in [-0.1, -0.05) is 163 Å². The second-order valence-corrected chi connectivity index (χ2v) is 13.0. The van der Waals surface area contributed by atoms with E-state index in [0.29, 0.717) is 5.92 Å². The Morgan fingerprint density at radius 2 is 1.11 bits per heavy atom. The van der Waals surface area contributed by atoms with Gasteiger partial charge in [-0.3, -0.25) is 0 Å². The molecule has 0 nitrogen and oxygen atoms in total. The maximum Gasteiger partial charge on any atom is 0.0469 e. The number of benzene rings is 5. The molecule has 2 aliphatic carbocycles. The summed E-state index contributed by atoms with van der Waals surface area (Å²) in [4.78, 5) is 0. The molecule has 1 unspecified atom stereocenters. The summed E-state index contributed by atoms with van der Waals surface area (Å²) in [5.74, 6) is 0.462. The summed E-state index contributed by atoms with van der Waals surface area (Å²) >= 11 is 7.15. The summed E-state index contributed by atoms with van der Waals surface area (Å²) < 4.78 is 0. The average molecular weight is 627 g/mol. The fourth-order valence-corrected chi connectivity index (χ4v) is 7.16. The van der Waals surface area contributed by atoms with E-state index in [-0.39, 0.29) is 0 Å². The summed E-state index contributed by atoms with van der Waals surface area (Å²) in [5, 5.41) is 0.898. The average Bonchev–Trinajstić information content (AvgIpc) is 3.15. The fraction of sp³-hybridized carbons (Fsp3) is 0.130. The minimum Gasteiger partial charge on any atom is -0.0837 e. The van der Waals surface area contributed by atoms with Gasteiger partial charge in [0, 0.05) is 5.03 Å². The van der Waals surface area contributed by atoms with Crippen LogP contribution in [0.5, 0.6) is 0 Å². The van der Waals surface area contributed by atoms with Crippen LogP contribution in [0.4, 0.5) is 0 Å². The van der Waals surface area contributed by atoms with Crippen LogP contribution in [0, 0.1) is 0 Å². The van der Waals surface area contributed by atoms with Crippen molar-refractivity contribution in [1.82, 2.24) is 0 Å². The minimum absolute atomic E-state index is 0.462. The Morgan fingerprint density at radius 3 is 1.72 bits per heavy atom. The molecule has 1 atom stereocenters. The summed E-state index contributed by atoms with van der Waals surface area (Å²) in [7, 11) is 0. The van der Waals surface area contributed by atoms with Crippen molar-refractivity contribution in [3.8, 4) is 22.3 Å². The zero-order valence-electron chi connectivity index (χ0n) is 26.7. The minimum atomic E-state index is 0.462. The van der Waals surface area contributed by atoms with E-state index in [2.05, 4.69) is 170 Å². The third-order valence-electron chi connectivity index (χ3n) is 9.32. The van der Waals surface area contributed by atoms with Crippen molar-refractivity contribution in [1.29, 1.82) is 0 Å². The van der Waals surface area contributed by atoms with Crippen molar-refractivity contribution < 1.29 is 0 Å². The second kappa shape index (κ2) is 14.7. The molecular weight excluding hydrogens is 588 g/mol. The summed E-state index contributed by atoms with van der Waals surface area (Å²) in [6.45, 7) is 0. The lowest BCUT2D eigenvalue weighted by molar-refractivity contribution is 0.691. The molecule has 230 valence electrons. The van der Waals surface area contributed by atoms with Gasteiger partial charge in [0.15, 0.2) is 0 Å². The Bertz CT molecular complexity index is 1920. The Balaban J connectivity index is 1.19. The van der Waals surface area contributed by atoms with Crippen LogP contribution in [0.1, 0.15) is 54.7 Å². The van der Waals surface area contributed by atoms with Gasteiger partial charge in [0.1, 0.15) is 0 Å². The number of rotatable bonds is 7. The van der Waals surface area contributed by atoms with Crippen LogP contribution in [0.2, 0.25) is 0 Å². The first-order valence-corrected chi connectivity index (χ1v) is 17.1. The maximum atomic E-state index is 7.15. The first-order chi connectivity index (χ1) is 23.2. The molecule has 2 aliphatic rings. The molecular formula is C46H39Cl. The Kier molecular flexibility index (Phi) is 9.59. The molecule has 0 fully saturated rings. The zero-order valence-corrected chi connectivity index (χ0v) is 27.4. The van der Waals surface area contributed by atoms with Gasteiger partial charge in [0.2, 0.25) is 0 Å². The van der Waals surface area contributed by atoms with Crippen LogP contribution in [0.15, 0.2) is 186 Å². The standard InChI is InChI=1S/C46H39Cl/c47-46-40(26-24-34-28-42(36-14-5-1-6-15-36)32-43(29-34)37-16-7-2-8-17-37)22-13-23-41(46)27-25-35-30-44(38-18-9-3-10-19-38)33-45(31-35)39-20-11-4-12-21-39/h1-12,14-21,24-30,32,45H,13,22-23,31,33H2/b26-24-,35-25+,41-27+. The number of hydrogen-bond acceptors (Lipinski definition) is 0. The molecule has 0 bridgehead atoms. The van der Waals surface area contributed by atoms with Crippen LogP contribution in [0.25, 0.3) is 33.9 Å². The fourth-order valence-electron chi connectivity index (χ4n) is 6.85. The van der Waals surface area contributed by atoms with Crippen LogP contribution in [0.3, 0.4) is 0 Å². The lowest BCUT2D eigenvalue weighted by Gasteiger charge is -2.25. The van der Waals surface area contributed by atoms with Gasteiger partial charge < -0.3 is 0 Å². The van der Waals surface area contributed by atoms with Crippen molar-refractivity contribution >= 4 is 23.3 Å². The van der Waals surface area contributed by atoms with Gasteiger partial charge in [-0.15, -0.1) is 0 Å². The first-order valence-electron chi connectivity index (χ1n) is 16.7. The van der Waals surface area contributed by atoms with E-state index in [4.69, 9.17) is 11.6 Å². The van der Waals surface area contributed by atoms with Crippen LogP contribution < -0.4 is 0 Å². The highest BCUT2D eigenvalue weighted by Crippen LogP contribution is 2.40. The molecule has 0 amide bonds. The van der Waals surface area contributed by atoms with Crippen molar-refractivity contribution in [2.45, 2.75) is 38.0 Å². The monoisotopic (exact) mass is 626 g/mol. The molecule has 0 spiro atoms. The van der Waals surface area contributed by atoms with E-state index in [1.54, 1.807) is 0 Å². The normalized spacial score (nSPS) is 18.6. The highest BCUT2D eigenvalue weighted by Gasteiger charge is 2.21. The predicted molar refractivity (Wildman–Crippen MR) is 202 cm³/mol. The molecule has 1 heteroatoms. The smallest absolute Gasteiger partial charge is 0.0469 e. The summed E-state index contributed by atoms with van der Waals surface area (Å²) in [5.41, 5.74) is 13.9. The lowest BCUT2D eigenvalue weighted by atomic mass is 9.79. The van der Waals surface area contributed by atoms with Gasteiger partial charge in [-0.05, 0) is 117 Å². The van der Waals surface area contributed by atoms with Gasteiger partial charge in [0.05, 0.1) is 0 Å². The predicted octanol–water partition coefficient (Wildman–Crippen LogP) is 13.2. The van der Waals surface area contributed by atoms with Gasteiger partial charge in [0.25, 0.3) is 0 Å². The quantitative estimate of drug-likeness (QED) is 0.169. The Hall–Kier alpha value is -4.91. The van der Waals surface area contributed by atoms with Crippen LogP contribution in [-0.2, 0) is 0 Å². The zero-order chi connectivity index (χ0) is 31.8. The van der Waals surface area contributed by atoms with Gasteiger partial charge >= 0.3 is 0 Å². The molecule has 0 saturated carbocycles. The SMILES string of the molecule is ClC1=C(/C=C\c2cc(-c3ccccc3)cc(-c3ccccc3)c2)CCC/C1=C\C=C1/C=C(c2ccccc2)CC(c2ccccc2)C1. The van der Waals surface area contributed by atoms with E-state index in [1.165, 1.54) is 61.2 Å². The molecule has 0 radical (unpaired) electrons. The first kappa shape index (κ1) is 30.7. The number of halogens is 1. The van der Waals surface area contributed by atoms with E-state index < -0.39 is 0 Å². The molecule has 47 heavy (non-hydrogen) atoms. The van der Waals surface area contributed by atoms with Crippen LogP contribution >= 0.6 is 11.6 Å². The Morgan fingerprint density at radius 1 is 0.532 bits per heavy atom. The summed E-state index contributed by atoms with van der Waals surface area (Å²) in [6.07, 6.45) is 16.6. The topological polar surface area (TPSA) is 0 Å². The number of allylic oxidation sites excluding steroid dienone is 9. The van der Waals surface area contributed by atoms with Crippen molar-refractivity contribution in [2.24, 2.45) is 0 Å². The third-order valence-corrected chi connectivity index (χ3v) is 9.81. The van der Waals surface area contributed by atoms with Gasteiger partial charge in [-0.2, -0.15) is 0 Å². The summed E-state index contributed by atoms with van der Waals surface area (Å²) in [6, 6.07) is 49.9. The molecule has 0 N–H and O–H groups in total. The van der Waals surface area contributed by atoms with E-state index in [9.17, 15) is 0 Å². The van der Waals surface area contributed by atoms with Gasteiger partial charge in [-0.25, -0.2) is 0 Å². The van der Waals surface area contributed by atoms with E-state index in [0.717, 1.165) is 37.1 Å². The molecule has 0 heterocycles. The lowest BCUT2D eigenvalue weighted by Crippen LogP contribution is -2.07. The maximum absolute atomic E-state index is 7.15. The highest BCUT2D eigenvalue weighted by atomic mass is 35.5. The third kappa shape index (κ3) is 7.57. The number of hydrogen-bond donors (Lipinski definition) is 0. The second-order valence-electron chi connectivity index (χ2n) is 12.6. The van der Waals surface area contributed by atoms with E-state index >= 15 is 0 Å². The van der Waals surface area contributed by atoms with E-state index in [1.807, 2.05) is 0 Å². The molecule has 5 aromatic rings. The Labute approximate surface area is 284 Å². The van der Waals surface area contributed by atoms with Crippen molar-refractivity contribution in [3.63, 3.8) is 0 Å². The highest BCUT2D eigenvalue weighted by molar-refractivity contribution is 6.32. The molecule has 5 aromatic carbocycles. The molecule has 0 saturated heterocycles. The van der Waals surface area contributed by atoms with Crippen LogP contribution in [-0.4, -0.2) is 0 Å². The van der Waals surface area contributed by atoms with Crippen molar-refractivity contribution in [2.75, 3.05) is 0 Å². The largest absolute Gasteiger partial charge is 0.0837 e. The molecule has 0 aromatic heterocycles. The molecule has 0 aliphatic heterocycles. The van der Waals surface area contributed by atoms with Crippen molar-refractivity contribution in [3.05, 3.63) is 202 Å².